The van der Waals surface area contributed by atoms with Crippen LogP contribution in [0.5, 0.6) is 0 Å². The highest BCUT2D eigenvalue weighted by Gasteiger charge is 2.13. The van der Waals surface area contributed by atoms with Crippen molar-refractivity contribution < 1.29 is 52.5 Å². The highest BCUT2D eigenvalue weighted by molar-refractivity contribution is 5.94. The molecule has 0 aromatic rings. The normalized spacial score (nSPS) is 9.33. The number of ether oxygens (including phenoxy) is 5. The quantitative estimate of drug-likeness (QED) is 0.178. The number of hydrogen-bond acceptors (Lipinski definition) is 11. The average molecular weight is 434 g/mol. The molecule has 0 saturated heterocycles. The Morgan fingerprint density at radius 1 is 0.533 bits per heavy atom. The topological polar surface area (TPSA) is 149 Å². The first-order valence-corrected chi connectivity index (χ1v) is 9.43. The predicted molar refractivity (Wildman–Crippen MR) is 101 cm³/mol. The summed E-state index contributed by atoms with van der Waals surface area (Å²) in [5, 5.41) is 0. The Kier molecular flexibility index (Phi) is 18.8. The third-order valence-electron chi connectivity index (χ3n) is 2.65. The van der Waals surface area contributed by atoms with Crippen molar-refractivity contribution in [1.29, 1.82) is 0 Å². The second-order valence-electron chi connectivity index (χ2n) is 5.63. The molecule has 0 heterocycles. The molecule has 172 valence electrons. The molecule has 0 aliphatic rings. The molecular formula is C19H30O11. The molecule has 0 saturated carbocycles. The summed E-state index contributed by atoms with van der Waals surface area (Å²) in [6, 6.07) is 0. The van der Waals surface area contributed by atoms with Gasteiger partial charge in [-0.15, -0.1) is 0 Å². The fourth-order valence-corrected chi connectivity index (χ4v) is 1.45. The van der Waals surface area contributed by atoms with Crippen LogP contribution in [-0.4, -0.2) is 62.2 Å². The Labute approximate surface area is 175 Å². The van der Waals surface area contributed by atoms with Gasteiger partial charge in [-0.3, -0.25) is 28.8 Å². The molecule has 11 nitrogen and oxygen atoms in total. The van der Waals surface area contributed by atoms with Crippen molar-refractivity contribution in [2.45, 2.75) is 59.8 Å². The van der Waals surface area contributed by atoms with Crippen LogP contribution in [0.4, 0.5) is 0 Å². The molecule has 0 atom stereocenters. The maximum Gasteiger partial charge on any atom is 0.320 e. The lowest BCUT2D eigenvalue weighted by Crippen LogP contribution is -2.18. The summed E-state index contributed by atoms with van der Waals surface area (Å²) in [6.45, 7) is 6.90. The lowest BCUT2D eigenvalue weighted by atomic mass is 10.3. The minimum absolute atomic E-state index is 0.236. The Morgan fingerprint density at radius 2 is 0.900 bits per heavy atom. The smallest absolute Gasteiger partial charge is 0.320 e. The molecule has 0 rings (SSSR count). The van der Waals surface area contributed by atoms with E-state index in [1.54, 1.807) is 6.92 Å². The van der Waals surface area contributed by atoms with E-state index in [0.717, 1.165) is 6.42 Å². The summed E-state index contributed by atoms with van der Waals surface area (Å²) in [7, 11) is 0. The Bertz CT molecular complexity index is 569. The molecule has 0 unspecified atom stereocenters. The molecule has 0 radical (unpaired) electrons. The summed E-state index contributed by atoms with van der Waals surface area (Å²) in [6.07, 6.45) is 0.214. The maximum absolute atomic E-state index is 11.0. The van der Waals surface area contributed by atoms with E-state index in [2.05, 4.69) is 23.7 Å². The van der Waals surface area contributed by atoms with Gasteiger partial charge in [-0.25, -0.2) is 0 Å². The number of ketones is 1. The van der Waals surface area contributed by atoms with Gasteiger partial charge in [0.2, 0.25) is 6.79 Å². The molecular weight excluding hydrogens is 404 g/mol. The van der Waals surface area contributed by atoms with Crippen LogP contribution in [0.15, 0.2) is 0 Å². The lowest BCUT2D eigenvalue weighted by molar-refractivity contribution is -0.169. The van der Waals surface area contributed by atoms with Crippen LogP contribution < -0.4 is 0 Å². The largest absolute Gasteiger partial charge is 0.466 e. The molecule has 0 aromatic carbocycles. The zero-order valence-electron chi connectivity index (χ0n) is 17.9. The van der Waals surface area contributed by atoms with E-state index in [9.17, 15) is 28.8 Å². The van der Waals surface area contributed by atoms with Crippen LogP contribution in [0.3, 0.4) is 0 Å². The SMILES string of the molecule is CCCOC(=O)CC(=O)OCC.CCCOC(=O)CC(=O)OCOC(=O)CC(C)=O. The van der Waals surface area contributed by atoms with Gasteiger partial charge >= 0.3 is 29.8 Å². The highest BCUT2D eigenvalue weighted by Crippen LogP contribution is 1.94. The van der Waals surface area contributed by atoms with Crippen molar-refractivity contribution in [2.75, 3.05) is 26.6 Å². The first kappa shape index (κ1) is 29.2. The molecule has 0 aliphatic heterocycles. The monoisotopic (exact) mass is 434 g/mol. The van der Waals surface area contributed by atoms with Crippen molar-refractivity contribution in [1.82, 2.24) is 0 Å². The zero-order chi connectivity index (χ0) is 23.4. The van der Waals surface area contributed by atoms with E-state index in [0.29, 0.717) is 19.6 Å². The third kappa shape index (κ3) is 21.3. The molecule has 0 aliphatic carbocycles. The van der Waals surface area contributed by atoms with E-state index < -0.39 is 43.1 Å². The fraction of sp³-hybridized carbons (Fsp3) is 0.684. The molecule has 0 aromatic heterocycles. The van der Waals surface area contributed by atoms with Gasteiger partial charge in [-0.1, -0.05) is 13.8 Å². The van der Waals surface area contributed by atoms with E-state index in [1.807, 2.05) is 13.8 Å². The van der Waals surface area contributed by atoms with Gasteiger partial charge in [0.25, 0.3) is 0 Å². The predicted octanol–water partition coefficient (Wildman–Crippen LogP) is 1.25. The second-order valence-corrected chi connectivity index (χ2v) is 5.63. The number of rotatable bonds is 13. The minimum Gasteiger partial charge on any atom is -0.466 e. The Balaban J connectivity index is 0. The average Bonchev–Trinajstić information content (AvgIpc) is 2.64. The third-order valence-corrected chi connectivity index (χ3v) is 2.65. The van der Waals surface area contributed by atoms with Gasteiger partial charge < -0.3 is 23.7 Å². The second kappa shape index (κ2) is 19.3. The number of carbonyl (C=O) groups is 6. The standard InChI is InChI=1S/C11H16O7.C8H14O4/c1-3-4-16-10(14)6-11(15)18-7-17-9(13)5-8(2)12;1-3-5-12-8(10)6-7(9)11-4-2/h3-7H2,1-2H3;3-6H2,1-2H3. The summed E-state index contributed by atoms with van der Waals surface area (Å²) >= 11 is 0. The van der Waals surface area contributed by atoms with Crippen molar-refractivity contribution >= 4 is 35.6 Å². The molecule has 30 heavy (non-hydrogen) atoms. The Hall–Kier alpha value is -2.98. The lowest BCUT2D eigenvalue weighted by Gasteiger charge is -2.05. The fourth-order valence-electron chi connectivity index (χ4n) is 1.45. The maximum atomic E-state index is 11.0. The van der Waals surface area contributed by atoms with Crippen molar-refractivity contribution in [3.63, 3.8) is 0 Å². The summed E-state index contributed by atoms with van der Waals surface area (Å²) in [5.41, 5.74) is 0. The van der Waals surface area contributed by atoms with E-state index in [4.69, 9.17) is 0 Å². The van der Waals surface area contributed by atoms with Gasteiger partial charge in [0.15, 0.2) is 0 Å². The molecule has 0 amide bonds. The number of esters is 5. The Morgan fingerprint density at radius 3 is 1.27 bits per heavy atom. The van der Waals surface area contributed by atoms with Crippen LogP contribution in [0.2, 0.25) is 0 Å². The number of carbonyl (C=O) groups excluding carboxylic acids is 6. The molecule has 0 fully saturated rings. The van der Waals surface area contributed by atoms with E-state index >= 15 is 0 Å². The molecule has 0 bridgehead atoms. The van der Waals surface area contributed by atoms with Crippen LogP contribution in [0.1, 0.15) is 59.8 Å². The van der Waals surface area contributed by atoms with Gasteiger partial charge in [0.05, 0.1) is 19.8 Å². The van der Waals surface area contributed by atoms with Crippen LogP contribution in [-0.2, 0) is 52.5 Å². The van der Waals surface area contributed by atoms with Crippen molar-refractivity contribution in [3.05, 3.63) is 0 Å². The van der Waals surface area contributed by atoms with Crippen LogP contribution in [0.25, 0.3) is 0 Å². The number of hydrogen-bond donors (Lipinski definition) is 0. The first-order chi connectivity index (χ1) is 14.2. The van der Waals surface area contributed by atoms with Gasteiger partial charge in [-0.2, -0.15) is 0 Å². The van der Waals surface area contributed by atoms with E-state index in [1.165, 1.54) is 6.92 Å². The van der Waals surface area contributed by atoms with Crippen molar-refractivity contribution in [3.8, 4) is 0 Å². The van der Waals surface area contributed by atoms with Gasteiger partial charge in [0, 0.05) is 0 Å². The highest BCUT2D eigenvalue weighted by atomic mass is 16.7. The van der Waals surface area contributed by atoms with Gasteiger partial charge in [-0.05, 0) is 26.7 Å². The summed E-state index contributed by atoms with van der Waals surface area (Å²) in [4.78, 5) is 64.9. The van der Waals surface area contributed by atoms with Gasteiger partial charge in [0.1, 0.15) is 25.0 Å². The first-order valence-electron chi connectivity index (χ1n) is 9.43. The van der Waals surface area contributed by atoms with E-state index in [-0.39, 0.29) is 25.2 Å². The number of Topliss-reactive ketones (excluding diaryl/α,β-unsaturated/α-hetero) is 1. The zero-order valence-corrected chi connectivity index (χ0v) is 17.9. The molecule has 0 spiro atoms. The summed E-state index contributed by atoms with van der Waals surface area (Å²) in [5.74, 6) is -3.74. The van der Waals surface area contributed by atoms with Crippen LogP contribution in [0, 0.1) is 0 Å². The summed E-state index contributed by atoms with van der Waals surface area (Å²) < 4.78 is 22.8. The van der Waals surface area contributed by atoms with Crippen molar-refractivity contribution in [2.24, 2.45) is 0 Å². The minimum atomic E-state index is -0.855. The molecule has 0 N–H and O–H groups in total. The van der Waals surface area contributed by atoms with Crippen LogP contribution >= 0.6 is 0 Å². The molecule has 11 heteroatoms.